The second-order valence-electron chi connectivity index (χ2n) is 4.83. The van der Waals surface area contributed by atoms with Gasteiger partial charge in [-0.2, -0.15) is 0 Å². The molecule has 0 saturated heterocycles. The van der Waals surface area contributed by atoms with E-state index in [1.54, 1.807) is 11.3 Å². The maximum absolute atomic E-state index is 10.5. The van der Waals surface area contributed by atoms with Gasteiger partial charge in [-0.25, -0.2) is 4.98 Å². The van der Waals surface area contributed by atoms with E-state index in [0.29, 0.717) is 12.3 Å². The van der Waals surface area contributed by atoms with Gasteiger partial charge in [-0.15, -0.1) is 11.3 Å². The number of carboxylic acid groups (broad SMARTS) is 1. The number of hydrogen-bond acceptors (Lipinski definition) is 3. The summed E-state index contributed by atoms with van der Waals surface area (Å²) in [7, 11) is 0. The first kappa shape index (κ1) is 13.1. The number of aromatic nitrogens is 2. The standard InChI is InChI=1S/C13H18N2O2S/c1-8(2)12-9(3)15-10(5-4-6-11(16)17)7-18-13(15)14-12/h7-8H,4-6H2,1-3H3,(H,16,17). The van der Waals surface area contributed by atoms with Crippen molar-refractivity contribution in [3.8, 4) is 0 Å². The average molecular weight is 266 g/mol. The highest BCUT2D eigenvalue weighted by molar-refractivity contribution is 7.15. The van der Waals surface area contributed by atoms with Crippen molar-refractivity contribution in [2.24, 2.45) is 0 Å². The molecule has 0 aliphatic carbocycles. The summed E-state index contributed by atoms with van der Waals surface area (Å²) in [6.45, 7) is 6.37. The average Bonchev–Trinajstić information content (AvgIpc) is 2.80. The van der Waals surface area contributed by atoms with Crippen molar-refractivity contribution >= 4 is 22.3 Å². The van der Waals surface area contributed by atoms with Gasteiger partial charge in [-0.05, 0) is 25.7 Å². The molecule has 98 valence electrons. The van der Waals surface area contributed by atoms with Gasteiger partial charge < -0.3 is 5.11 Å². The van der Waals surface area contributed by atoms with Gasteiger partial charge in [0, 0.05) is 23.2 Å². The van der Waals surface area contributed by atoms with E-state index < -0.39 is 5.97 Å². The Labute approximate surface area is 110 Å². The van der Waals surface area contributed by atoms with Crippen molar-refractivity contribution < 1.29 is 9.90 Å². The number of imidazole rings is 1. The van der Waals surface area contributed by atoms with Gasteiger partial charge in [0.25, 0.3) is 0 Å². The number of aryl methyl sites for hydroxylation is 2. The van der Waals surface area contributed by atoms with Gasteiger partial charge in [0.15, 0.2) is 4.96 Å². The van der Waals surface area contributed by atoms with E-state index in [9.17, 15) is 4.79 Å². The van der Waals surface area contributed by atoms with Crippen LogP contribution in [0.2, 0.25) is 0 Å². The van der Waals surface area contributed by atoms with Crippen LogP contribution in [-0.4, -0.2) is 20.5 Å². The van der Waals surface area contributed by atoms with Gasteiger partial charge in [0.1, 0.15) is 0 Å². The van der Waals surface area contributed by atoms with Gasteiger partial charge in [-0.3, -0.25) is 9.20 Å². The second-order valence-corrected chi connectivity index (χ2v) is 5.67. The first-order valence-electron chi connectivity index (χ1n) is 6.17. The Kier molecular flexibility index (Phi) is 3.71. The molecule has 0 atom stereocenters. The molecule has 2 aromatic rings. The first-order valence-corrected chi connectivity index (χ1v) is 7.05. The van der Waals surface area contributed by atoms with Crippen molar-refractivity contribution in [1.82, 2.24) is 9.38 Å². The fraction of sp³-hybridized carbons (Fsp3) is 0.538. The normalized spacial score (nSPS) is 11.6. The zero-order valence-corrected chi connectivity index (χ0v) is 11.8. The lowest BCUT2D eigenvalue weighted by Gasteiger charge is -2.04. The predicted octanol–water partition coefficient (Wildman–Crippen LogP) is 3.23. The molecule has 0 fully saturated rings. The molecule has 1 N–H and O–H groups in total. The topological polar surface area (TPSA) is 54.6 Å². The Bertz CT molecular complexity index is 569. The summed E-state index contributed by atoms with van der Waals surface area (Å²) in [6.07, 6.45) is 1.69. The number of thiazole rings is 1. The summed E-state index contributed by atoms with van der Waals surface area (Å²) in [5.41, 5.74) is 3.50. The highest BCUT2D eigenvalue weighted by Crippen LogP contribution is 2.25. The maximum Gasteiger partial charge on any atom is 0.303 e. The zero-order valence-electron chi connectivity index (χ0n) is 10.9. The van der Waals surface area contributed by atoms with E-state index >= 15 is 0 Å². The summed E-state index contributed by atoms with van der Waals surface area (Å²) in [5, 5.41) is 10.8. The molecular formula is C13H18N2O2S. The molecule has 0 bridgehead atoms. The molecule has 0 aromatic carbocycles. The van der Waals surface area contributed by atoms with E-state index in [-0.39, 0.29) is 6.42 Å². The van der Waals surface area contributed by atoms with Crippen LogP contribution in [0.1, 0.15) is 49.7 Å². The molecule has 0 unspecified atom stereocenters. The van der Waals surface area contributed by atoms with Crippen LogP contribution in [0.25, 0.3) is 4.96 Å². The molecule has 2 aromatic heterocycles. The second kappa shape index (κ2) is 5.10. The van der Waals surface area contributed by atoms with Gasteiger partial charge >= 0.3 is 5.97 Å². The van der Waals surface area contributed by atoms with Gasteiger partial charge in [0.2, 0.25) is 0 Å². The van der Waals surface area contributed by atoms with Crippen LogP contribution < -0.4 is 0 Å². The highest BCUT2D eigenvalue weighted by Gasteiger charge is 2.15. The lowest BCUT2D eigenvalue weighted by molar-refractivity contribution is -0.137. The summed E-state index contributed by atoms with van der Waals surface area (Å²) < 4.78 is 2.17. The minimum Gasteiger partial charge on any atom is -0.481 e. The molecule has 18 heavy (non-hydrogen) atoms. The summed E-state index contributed by atoms with van der Waals surface area (Å²) in [5.74, 6) is -0.310. The molecule has 0 spiro atoms. The van der Waals surface area contributed by atoms with Crippen molar-refractivity contribution in [1.29, 1.82) is 0 Å². The Hall–Kier alpha value is -1.36. The molecule has 0 saturated carbocycles. The van der Waals surface area contributed by atoms with Crippen molar-refractivity contribution in [2.45, 2.75) is 46.0 Å². The number of nitrogens with zero attached hydrogens (tertiary/aromatic N) is 2. The fourth-order valence-corrected chi connectivity index (χ4v) is 3.20. The van der Waals surface area contributed by atoms with Crippen LogP contribution in [0.4, 0.5) is 0 Å². The van der Waals surface area contributed by atoms with Crippen LogP contribution in [-0.2, 0) is 11.2 Å². The number of carboxylic acids is 1. The monoisotopic (exact) mass is 266 g/mol. The zero-order chi connectivity index (χ0) is 13.3. The smallest absolute Gasteiger partial charge is 0.303 e. The molecule has 2 rings (SSSR count). The Balaban J connectivity index is 2.26. The SMILES string of the molecule is Cc1c(C(C)C)nc2scc(CCCC(=O)O)n12. The van der Waals surface area contributed by atoms with E-state index in [0.717, 1.165) is 17.1 Å². The van der Waals surface area contributed by atoms with Crippen LogP contribution in [0.15, 0.2) is 5.38 Å². The molecule has 4 nitrogen and oxygen atoms in total. The van der Waals surface area contributed by atoms with Gasteiger partial charge in [-0.1, -0.05) is 13.8 Å². The third-order valence-corrected chi connectivity index (χ3v) is 3.95. The number of hydrogen-bond donors (Lipinski definition) is 1. The van der Waals surface area contributed by atoms with Crippen molar-refractivity contribution in [2.75, 3.05) is 0 Å². The Morgan fingerprint density at radius 3 is 2.89 bits per heavy atom. The largest absolute Gasteiger partial charge is 0.481 e. The number of carbonyl (C=O) groups is 1. The maximum atomic E-state index is 10.5. The Morgan fingerprint density at radius 2 is 2.28 bits per heavy atom. The molecule has 0 radical (unpaired) electrons. The molecular weight excluding hydrogens is 248 g/mol. The summed E-state index contributed by atoms with van der Waals surface area (Å²) in [4.78, 5) is 16.2. The van der Waals surface area contributed by atoms with Crippen LogP contribution in [0, 0.1) is 6.92 Å². The quantitative estimate of drug-likeness (QED) is 0.904. The minimum atomic E-state index is -0.730. The van der Waals surface area contributed by atoms with Crippen molar-refractivity contribution in [3.05, 3.63) is 22.5 Å². The Morgan fingerprint density at radius 1 is 1.56 bits per heavy atom. The summed E-state index contributed by atoms with van der Waals surface area (Å²) >= 11 is 1.63. The molecule has 0 amide bonds. The highest BCUT2D eigenvalue weighted by atomic mass is 32.1. The summed E-state index contributed by atoms with van der Waals surface area (Å²) in [6, 6.07) is 0. The lowest BCUT2D eigenvalue weighted by atomic mass is 10.1. The molecule has 5 heteroatoms. The number of fused-ring (bicyclic) bond motifs is 1. The van der Waals surface area contributed by atoms with E-state index in [2.05, 4.69) is 35.5 Å². The van der Waals surface area contributed by atoms with Crippen LogP contribution in [0.5, 0.6) is 0 Å². The van der Waals surface area contributed by atoms with E-state index in [1.165, 1.54) is 11.4 Å². The minimum absolute atomic E-state index is 0.224. The fourth-order valence-electron chi connectivity index (χ4n) is 2.22. The predicted molar refractivity (Wildman–Crippen MR) is 72.5 cm³/mol. The first-order chi connectivity index (χ1) is 8.50. The van der Waals surface area contributed by atoms with E-state index in [1.807, 2.05) is 0 Å². The van der Waals surface area contributed by atoms with Crippen LogP contribution >= 0.6 is 11.3 Å². The van der Waals surface area contributed by atoms with Crippen molar-refractivity contribution in [3.63, 3.8) is 0 Å². The number of aliphatic carboxylic acids is 1. The lowest BCUT2D eigenvalue weighted by Crippen LogP contribution is -1.99. The number of rotatable bonds is 5. The van der Waals surface area contributed by atoms with E-state index in [4.69, 9.17) is 5.11 Å². The van der Waals surface area contributed by atoms with Crippen LogP contribution in [0.3, 0.4) is 0 Å². The molecule has 0 aliphatic rings. The third-order valence-electron chi connectivity index (χ3n) is 3.07. The molecule has 2 heterocycles. The van der Waals surface area contributed by atoms with Gasteiger partial charge in [0.05, 0.1) is 5.69 Å². The molecule has 0 aliphatic heterocycles. The third kappa shape index (κ3) is 2.41.